The van der Waals surface area contributed by atoms with Crippen LogP contribution in [0.2, 0.25) is 0 Å². The number of anilines is 1. The average Bonchev–Trinajstić information content (AvgIpc) is 2.24. The fraction of sp³-hybridized carbons (Fsp3) is 0.588. The summed E-state index contributed by atoms with van der Waals surface area (Å²) in [6, 6.07) is 7.01. The molecule has 2 rings (SSSR count). The Morgan fingerprint density at radius 3 is 2.35 bits per heavy atom. The molecule has 2 nitrogen and oxygen atoms in total. The molecule has 0 saturated heterocycles. The minimum absolute atomic E-state index is 0.119. The molecular formula is C17H23FN2. The molecule has 1 aromatic rings. The third-order valence-electron chi connectivity index (χ3n) is 4.04. The van der Waals surface area contributed by atoms with Crippen LogP contribution in [0.15, 0.2) is 18.2 Å². The molecule has 0 radical (unpaired) electrons. The lowest BCUT2D eigenvalue weighted by Gasteiger charge is -2.45. The summed E-state index contributed by atoms with van der Waals surface area (Å²) in [5.41, 5.74) is 1.26. The monoisotopic (exact) mass is 274 g/mol. The number of nitriles is 1. The highest BCUT2D eigenvalue weighted by Gasteiger charge is 2.38. The van der Waals surface area contributed by atoms with E-state index in [4.69, 9.17) is 5.26 Å². The van der Waals surface area contributed by atoms with Crippen molar-refractivity contribution in [2.75, 3.05) is 5.32 Å². The number of nitrogens with zero attached hydrogens (tertiary/aromatic N) is 1. The maximum absolute atomic E-state index is 13.6. The molecule has 0 heterocycles. The van der Waals surface area contributed by atoms with E-state index in [0.29, 0.717) is 5.69 Å². The zero-order chi connectivity index (χ0) is 15.0. The van der Waals surface area contributed by atoms with E-state index < -0.39 is 5.82 Å². The predicted octanol–water partition coefficient (Wildman–Crippen LogP) is 4.71. The standard InChI is InChI=1S/C17H23FN2/c1-16(2)8-12(9-17(3,4)11-16)20-15-7-5-6-14(18)13(15)10-19/h5-7,12,20H,8-9,11H2,1-4H3. The largest absolute Gasteiger partial charge is 0.381 e. The average molecular weight is 274 g/mol. The minimum Gasteiger partial charge on any atom is -0.381 e. The molecule has 1 aromatic carbocycles. The van der Waals surface area contributed by atoms with Gasteiger partial charge in [0, 0.05) is 6.04 Å². The molecule has 0 aromatic heterocycles. The summed E-state index contributed by atoms with van der Waals surface area (Å²) in [4.78, 5) is 0. The maximum Gasteiger partial charge on any atom is 0.143 e. The molecule has 1 fully saturated rings. The Morgan fingerprint density at radius 2 is 1.80 bits per heavy atom. The van der Waals surface area contributed by atoms with Gasteiger partial charge in [-0.1, -0.05) is 33.8 Å². The van der Waals surface area contributed by atoms with Crippen molar-refractivity contribution in [1.82, 2.24) is 0 Å². The second-order valence-electron chi connectivity index (χ2n) is 7.53. The van der Waals surface area contributed by atoms with Gasteiger partial charge in [-0.15, -0.1) is 0 Å². The fourth-order valence-electron chi connectivity index (χ4n) is 3.93. The van der Waals surface area contributed by atoms with E-state index in [2.05, 4.69) is 33.0 Å². The van der Waals surface area contributed by atoms with Gasteiger partial charge in [0.2, 0.25) is 0 Å². The lowest BCUT2D eigenvalue weighted by molar-refractivity contribution is 0.105. The van der Waals surface area contributed by atoms with E-state index in [1.807, 2.05) is 6.07 Å². The molecule has 1 aliphatic rings. The van der Waals surface area contributed by atoms with Gasteiger partial charge in [-0.05, 0) is 42.2 Å². The first-order valence-electron chi connectivity index (χ1n) is 7.18. The summed E-state index contributed by atoms with van der Waals surface area (Å²) in [5, 5.41) is 12.5. The molecule has 0 unspecified atom stereocenters. The van der Waals surface area contributed by atoms with E-state index in [1.165, 1.54) is 12.5 Å². The van der Waals surface area contributed by atoms with Crippen LogP contribution in [0.1, 0.15) is 52.5 Å². The number of rotatable bonds is 2. The molecule has 0 bridgehead atoms. The highest BCUT2D eigenvalue weighted by atomic mass is 19.1. The van der Waals surface area contributed by atoms with Gasteiger partial charge in [0.15, 0.2) is 0 Å². The second-order valence-corrected chi connectivity index (χ2v) is 7.53. The van der Waals surface area contributed by atoms with Crippen molar-refractivity contribution in [3.8, 4) is 6.07 Å². The summed E-state index contributed by atoms with van der Waals surface area (Å²) >= 11 is 0. The van der Waals surface area contributed by atoms with Gasteiger partial charge in [-0.25, -0.2) is 4.39 Å². The van der Waals surface area contributed by atoms with Crippen molar-refractivity contribution >= 4 is 5.69 Å². The van der Waals surface area contributed by atoms with Crippen LogP contribution in [0.4, 0.5) is 10.1 Å². The van der Waals surface area contributed by atoms with Crippen LogP contribution in [-0.4, -0.2) is 6.04 Å². The number of nitrogens with one attached hydrogen (secondary N) is 1. The van der Waals surface area contributed by atoms with Crippen LogP contribution < -0.4 is 5.32 Å². The maximum atomic E-state index is 13.6. The summed E-state index contributed by atoms with van der Waals surface area (Å²) in [5.74, 6) is -0.452. The van der Waals surface area contributed by atoms with E-state index in [1.54, 1.807) is 12.1 Å². The molecule has 108 valence electrons. The molecule has 20 heavy (non-hydrogen) atoms. The van der Waals surface area contributed by atoms with Gasteiger partial charge in [0.25, 0.3) is 0 Å². The number of halogens is 1. The van der Waals surface area contributed by atoms with Crippen molar-refractivity contribution in [2.24, 2.45) is 10.8 Å². The quantitative estimate of drug-likeness (QED) is 0.847. The Labute approximate surface area is 121 Å². The smallest absolute Gasteiger partial charge is 0.143 e. The Hall–Kier alpha value is -1.56. The van der Waals surface area contributed by atoms with Crippen molar-refractivity contribution < 1.29 is 4.39 Å². The first-order valence-corrected chi connectivity index (χ1v) is 7.18. The van der Waals surface area contributed by atoms with Gasteiger partial charge < -0.3 is 5.32 Å². The molecular weight excluding hydrogens is 251 g/mol. The number of hydrogen-bond acceptors (Lipinski definition) is 2. The molecule has 1 aliphatic carbocycles. The normalized spacial score (nSPS) is 21.2. The van der Waals surface area contributed by atoms with E-state index >= 15 is 0 Å². The summed E-state index contributed by atoms with van der Waals surface area (Å²) in [6.07, 6.45) is 3.27. The highest BCUT2D eigenvalue weighted by molar-refractivity contribution is 5.58. The summed E-state index contributed by atoms with van der Waals surface area (Å²) in [7, 11) is 0. The molecule has 0 atom stereocenters. The molecule has 3 heteroatoms. The zero-order valence-corrected chi connectivity index (χ0v) is 12.8. The third kappa shape index (κ3) is 3.30. The molecule has 1 saturated carbocycles. The van der Waals surface area contributed by atoms with Crippen LogP contribution in [-0.2, 0) is 0 Å². The SMILES string of the molecule is CC1(C)CC(Nc2cccc(F)c2C#N)CC(C)(C)C1. The summed E-state index contributed by atoms with van der Waals surface area (Å²) < 4.78 is 13.6. The van der Waals surface area contributed by atoms with Gasteiger partial charge in [-0.2, -0.15) is 5.26 Å². The van der Waals surface area contributed by atoms with E-state index in [0.717, 1.165) is 12.8 Å². The topological polar surface area (TPSA) is 35.8 Å². The molecule has 0 amide bonds. The Morgan fingerprint density at radius 1 is 1.20 bits per heavy atom. The second kappa shape index (κ2) is 5.09. The van der Waals surface area contributed by atoms with Crippen molar-refractivity contribution in [1.29, 1.82) is 5.26 Å². The predicted molar refractivity (Wildman–Crippen MR) is 79.9 cm³/mol. The summed E-state index contributed by atoms with van der Waals surface area (Å²) in [6.45, 7) is 9.11. The Balaban J connectivity index is 2.22. The minimum atomic E-state index is -0.452. The van der Waals surface area contributed by atoms with Gasteiger partial charge in [0.1, 0.15) is 17.4 Å². The van der Waals surface area contributed by atoms with Crippen molar-refractivity contribution in [2.45, 2.75) is 53.0 Å². The lowest BCUT2D eigenvalue weighted by Crippen LogP contribution is -2.40. The van der Waals surface area contributed by atoms with Crippen molar-refractivity contribution in [3.05, 3.63) is 29.6 Å². The third-order valence-corrected chi connectivity index (χ3v) is 4.04. The fourth-order valence-corrected chi connectivity index (χ4v) is 3.93. The van der Waals surface area contributed by atoms with Gasteiger partial charge in [0.05, 0.1) is 5.69 Å². The molecule has 1 N–H and O–H groups in total. The van der Waals surface area contributed by atoms with Gasteiger partial charge in [-0.3, -0.25) is 0 Å². The van der Waals surface area contributed by atoms with E-state index in [-0.39, 0.29) is 22.4 Å². The van der Waals surface area contributed by atoms with Crippen LogP contribution in [0.3, 0.4) is 0 Å². The van der Waals surface area contributed by atoms with Crippen LogP contribution in [0, 0.1) is 28.0 Å². The Kier molecular flexibility index (Phi) is 3.77. The van der Waals surface area contributed by atoms with Crippen LogP contribution in [0.25, 0.3) is 0 Å². The first-order chi connectivity index (χ1) is 9.22. The first kappa shape index (κ1) is 14.8. The Bertz CT molecular complexity index is 524. The number of hydrogen-bond donors (Lipinski definition) is 1. The lowest BCUT2D eigenvalue weighted by atomic mass is 9.63. The van der Waals surface area contributed by atoms with E-state index in [9.17, 15) is 4.39 Å². The highest BCUT2D eigenvalue weighted by Crippen LogP contribution is 2.46. The molecule has 0 aliphatic heterocycles. The van der Waals surface area contributed by atoms with Crippen LogP contribution in [0.5, 0.6) is 0 Å². The zero-order valence-electron chi connectivity index (χ0n) is 12.8. The van der Waals surface area contributed by atoms with Crippen molar-refractivity contribution in [3.63, 3.8) is 0 Å². The molecule has 0 spiro atoms. The number of benzene rings is 1. The van der Waals surface area contributed by atoms with Gasteiger partial charge >= 0.3 is 0 Å². The van der Waals surface area contributed by atoms with Crippen LogP contribution >= 0.6 is 0 Å².